The molecule has 4 nitrogen and oxygen atoms in total. The fraction of sp³-hybridized carbons (Fsp3) is 0.0833. The number of ether oxygens (including phenoxy) is 2. The van der Waals surface area contributed by atoms with Gasteiger partial charge in [0.15, 0.2) is 11.5 Å². The van der Waals surface area contributed by atoms with Crippen LogP contribution in [-0.4, -0.2) is 11.3 Å². The van der Waals surface area contributed by atoms with Crippen LogP contribution >= 0.6 is 11.6 Å². The van der Waals surface area contributed by atoms with E-state index in [0.717, 1.165) is 0 Å². The van der Waals surface area contributed by atoms with Gasteiger partial charge in [-0.3, -0.25) is 0 Å². The quantitative estimate of drug-likeness (QED) is 0.911. The SMILES string of the molecule is FC1(F)Oc2ccc(Nc3ccc(Cl)cn3)cc2O1. The Morgan fingerprint density at radius 1 is 1.11 bits per heavy atom. The van der Waals surface area contributed by atoms with E-state index in [0.29, 0.717) is 16.5 Å². The van der Waals surface area contributed by atoms with Gasteiger partial charge in [0.1, 0.15) is 5.82 Å². The lowest BCUT2D eigenvalue weighted by Gasteiger charge is -2.06. The number of hydrogen-bond acceptors (Lipinski definition) is 4. The molecule has 0 unspecified atom stereocenters. The van der Waals surface area contributed by atoms with E-state index < -0.39 is 6.29 Å². The predicted octanol–water partition coefficient (Wildman–Crippen LogP) is 3.80. The fourth-order valence-corrected chi connectivity index (χ4v) is 1.74. The van der Waals surface area contributed by atoms with Gasteiger partial charge in [0.2, 0.25) is 0 Å². The van der Waals surface area contributed by atoms with Crippen LogP contribution in [0.3, 0.4) is 0 Å². The van der Waals surface area contributed by atoms with Crippen LogP contribution in [0.2, 0.25) is 5.02 Å². The number of rotatable bonds is 2. The minimum atomic E-state index is -3.61. The summed E-state index contributed by atoms with van der Waals surface area (Å²) in [4.78, 5) is 4.03. The van der Waals surface area contributed by atoms with Gasteiger partial charge in [-0.05, 0) is 24.3 Å². The average Bonchev–Trinajstić information content (AvgIpc) is 2.65. The van der Waals surface area contributed by atoms with Crippen molar-refractivity contribution in [1.82, 2.24) is 4.98 Å². The lowest BCUT2D eigenvalue weighted by atomic mass is 10.3. The van der Waals surface area contributed by atoms with Crippen LogP contribution in [0.25, 0.3) is 0 Å². The molecule has 0 bridgehead atoms. The first kappa shape index (κ1) is 12.0. The van der Waals surface area contributed by atoms with Crippen LogP contribution in [0.15, 0.2) is 36.5 Å². The third kappa shape index (κ3) is 2.53. The van der Waals surface area contributed by atoms with E-state index >= 15 is 0 Å². The number of hydrogen-bond donors (Lipinski definition) is 1. The highest BCUT2D eigenvalue weighted by atomic mass is 35.5. The number of nitrogens with zero attached hydrogens (tertiary/aromatic N) is 1. The molecular formula is C12H7ClF2N2O2. The molecule has 1 N–H and O–H groups in total. The van der Waals surface area contributed by atoms with Gasteiger partial charge >= 0.3 is 6.29 Å². The minimum absolute atomic E-state index is 0.000356. The molecule has 2 heterocycles. The summed E-state index contributed by atoms with van der Waals surface area (Å²) < 4.78 is 34.3. The van der Waals surface area contributed by atoms with E-state index in [2.05, 4.69) is 19.8 Å². The van der Waals surface area contributed by atoms with E-state index in [1.165, 1.54) is 18.3 Å². The maximum Gasteiger partial charge on any atom is 0.586 e. The summed E-state index contributed by atoms with van der Waals surface area (Å²) >= 11 is 5.71. The molecule has 1 aliphatic heterocycles. The van der Waals surface area contributed by atoms with Crippen molar-refractivity contribution in [2.45, 2.75) is 6.29 Å². The standard InChI is InChI=1S/C12H7ClF2N2O2/c13-7-1-4-11(16-6-7)17-8-2-3-9-10(5-8)19-12(14,15)18-9/h1-6H,(H,16,17). The number of anilines is 2. The van der Waals surface area contributed by atoms with Gasteiger partial charge in [0.05, 0.1) is 5.02 Å². The summed E-state index contributed by atoms with van der Waals surface area (Å²) in [6.45, 7) is 0. The van der Waals surface area contributed by atoms with Crippen LogP contribution in [-0.2, 0) is 0 Å². The highest BCUT2D eigenvalue weighted by Crippen LogP contribution is 2.42. The van der Waals surface area contributed by atoms with Crippen LogP contribution in [0.5, 0.6) is 11.5 Å². The maximum absolute atomic E-state index is 12.8. The molecule has 0 fully saturated rings. The number of alkyl halides is 2. The van der Waals surface area contributed by atoms with Crippen LogP contribution < -0.4 is 14.8 Å². The molecule has 0 spiro atoms. The highest BCUT2D eigenvalue weighted by molar-refractivity contribution is 6.30. The van der Waals surface area contributed by atoms with Crippen LogP contribution in [0.1, 0.15) is 0 Å². The van der Waals surface area contributed by atoms with Crippen molar-refractivity contribution >= 4 is 23.1 Å². The van der Waals surface area contributed by atoms with Gasteiger partial charge in [-0.25, -0.2) is 4.98 Å². The van der Waals surface area contributed by atoms with Gasteiger partial charge in [-0.2, -0.15) is 0 Å². The zero-order chi connectivity index (χ0) is 13.5. The number of aromatic nitrogens is 1. The average molecular weight is 285 g/mol. The molecule has 19 heavy (non-hydrogen) atoms. The van der Waals surface area contributed by atoms with Gasteiger partial charge in [0.25, 0.3) is 0 Å². The Morgan fingerprint density at radius 2 is 1.89 bits per heavy atom. The zero-order valence-electron chi connectivity index (χ0n) is 9.36. The Balaban J connectivity index is 1.82. The van der Waals surface area contributed by atoms with Crippen molar-refractivity contribution in [3.63, 3.8) is 0 Å². The molecule has 1 aliphatic rings. The van der Waals surface area contributed by atoms with Crippen molar-refractivity contribution in [3.8, 4) is 11.5 Å². The molecule has 2 aromatic rings. The summed E-state index contributed by atoms with van der Waals surface area (Å²) in [5, 5.41) is 3.45. The molecule has 1 aromatic heterocycles. The molecule has 3 rings (SSSR count). The highest BCUT2D eigenvalue weighted by Gasteiger charge is 2.43. The Kier molecular flexibility index (Phi) is 2.67. The van der Waals surface area contributed by atoms with E-state index in [1.54, 1.807) is 18.2 Å². The number of nitrogens with one attached hydrogen (secondary N) is 1. The Morgan fingerprint density at radius 3 is 2.63 bits per heavy atom. The number of halogens is 3. The molecule has 0 saturated heterocycles. The lowest BCUT2D eigenvalue weighted by molar-refractivity contribution is -0.286. The van der Waals surface area contributed by atoms with Gasteiger partial charge < -0.3 is 14.8 Å². The van der Waals surface area contributed by atoms with Crippen molar-refractivity contribution in [3.05, 3.63) is 41.6 Å². The van der Waals surface area contributed by atoms with Crippen molar-refractivity contribution in [1.29, 1.82) is 0 Å². The van der Waals surface area contributed by atoms with Gasteiger partial charge in [-0.1, -0.05) is 11.6 Å². The Hall–Kier alpha value is -2.08. The third-order valence-electron chi connectivity index (χ3n) is 2.40. The fourth-order valence-electron chi connectivity index (χ4n) is 1.62. The lowest BCUT2D eigenvalue weighted by Crippen LogP contribution is -2.25. The second-order valence-corrected chi connectivity index (χ2v) is 4.25. The number of pyridine rings is 1. The molecule has 0 atom stereocenters. The van der Waals surface area contributed by atoms with Gasteiger partial charge in [-0.15, -0.1) is 8.78 Å². The Labute approximate surface area is 111 Å². The number of fused-ring (bicyclic) bond motifs is 1. The molecule has 0 radical (unpaired) electrons. The minimum Gasteiger partial charge on any atom is -0.395 e. The molecule has 98 valence electrons. The van der Waals surface area contributed by atoms with Crippen molar-refractivity contribution in [2.24, 2.45) is 0 Å². The summed E-state index contributed by atoms with van der Waals surface area (Å²) in [6.07, 6.45) is -2.13. The smallest absolute Gasteiger partial charge is 0.395 e. The van der Waals surface area contributed by atoms with Crippen molar-refractivity contribution < 1.29 is 18.3 Å². The molecule has 1 aromatic carbocycles. The summed E-state index contributed by atoms with van der Waals surface area (Å²) in [5.41, 5.74) is 0.551. The van der Waals surface area contributed by atoms with Crippen LogP contribution in [0.4, 0.5) is 20.3 Å². The summed E-state index contributed by atoms with van der Waals surface area (Å²) in [5.74, 6) is 0.513. The maximum atomic E-state index is 12.8. The topological polar surface area (TPSA) is 43.4 Å². The second kappa shape index (κ2) is 4.24. The first-order valence-electron chi connectivity index (χ1n) is 5.30. The second-order valence-electron chi connectivity index (χ2n) is 3.82. The first-order chi connectivity index (χ1) is 9.02. The summed E-state index contributed by atoms with van der Waals surface area (Å²) in [6, 6.07) is 7.72. The van der Waals surface area contributed by atoms with E-state index in [9.17, 15) is 8.78 Å². The molecule has 0 amide bonds. The van der Waals surface area contributed by atoms with Crippen molar-refractivity contribution in [2.75, 3.05) is 5.32 Å². The molecule has 7 heteroatoms. The molecule has 0 aliphatic carbocycles. The predicted molar refractivity (Wildman–Crippen MR) is 65.2 cm³/mol. The van der Waals surface area contributed by atoms with E-state index in [4.69, 9.17) is 11.6 Å². The monoisotopic (exact) mass is 284 g/mol. The number of benzene rings is 1. The normalized spacial score (nSPS) is 15.3. The molecule has 0 saturated carbocycles. The zero-order valence-corrected chi connectivity index (χ0v) is 10.1. The summed E-state index contributed by atoms with van der Waals surface area (Å²) in [7, 11) is 0. The third-order valence-corrected chi connectivity index (χ3v) is 2.62. The van der Waals surface area contributed by atoms with Gasteiger partial charge in [0, 0.05) is 18.0 Å². The molecular weight excluding hydrogens is 278 g/mol. The van der Waals surface area contributed by atoms with E-state index in [1.807, 2.05) is 0 Å². The van der Waals surface area contributed by atoms with Crippen LogP contribution in [0, 0.1) is 0 Å². The first-order valence-corrected chi connectivity index (χ1v) is 5.68. The van der Waals surface area contributed by atoms with E-state index in [-0.39, 0.29) is 11.5 Å². The largest absolute Gasteiger partial charge is 0.586 e. The Bertz CT molecular complexity index is 620.